The molecule has 2 aromatic rings. The van der Waals surface area contributed by atoms with E-state index in [2.05, 4.69) is 10.6 Å². The topological polar surface area (TPSA) is 83.8 Å². The number of nitrogens with zero attached hydrogens (tertiary/aromatic N) is 3. The molecule has 7 nitrogen and oxygen atoms in total. The van der Waals surface area contributed by atoms with E-state index in [0.29, 0.717) is 29.9 Å². The molecule has 0 aliphatic carbocycles. The van der Waals surface area contributed by atoms with E-state index in [-0.39, 0.29) is 32.7 Å². The van der Waals surface area contributed by atoms with Crippen molar-refractivity contribution in [1.29, 1.82) is 0 Å². The number of fused-ring (bicyclic) bond motifs is 1. The molecule has 124 valence electrons. The molecule has 2 amide bonds. The van der Waals surface area contributed by atoms with Crippen LogP contribution in [0.5, 0.6) is 0 Å². The number of amides is 2. The second-order valence-corrected chi connectivity index (χ2v) is 7.66. The van der Waals surface area contributed by atoms with Crippen molar-refractivity contribution in [2.24, 2.45) is 5.29 Å². The molecule has 0 fully saturated rings. The summed E-state index contributed by atoms with van der Waals surface area (Å²) in [5, 5.41) is 7.09. The van der Waals surface area contributed by atoms with Crippen LogP contribution in [0.1, 0.15) is 6.42 Å². The summed E-state index contributed by atoms with van der Waals surface area (Å²) in [7, 11) is 0. The molecular formula is C13H14Cl2N4O3Se. The molecule has 2 rings (SSSR count). The minimum atomic E-state index is -0.589. The average Bonchev–Trinajstić information content (AvgIpc) is 2.85. The van der Waals surface area contributed by atoms with Gasteiger partial charge in [0, 0.05) is 0 Å². The standard InChI is InChI=1S/C13H14Cl2N4O3Se/c14-4-7-18(17-22)13(21)16-5-1-6-19-12(20)10-8-9(15)2-3-11(10)23-19/h2-3,8H,1,4-7H2,(H,16,21). The number of hydrogen-bond donors (Lipinski definition) is 1. The summed E-state index contributed by atoms with van der Waals surface area (Å²) in [5.41, 5.74) is -0.0350. The first-order valence-corrected chi connectivity index (χ1v) is 9.34. The molecule has 0 aliphatic rings. The van der Waals surface area contributed by atoms with Gasteiger partial charge in [-0.3, -0.25) is 0 Å². The Morgan fingerprint density at radius 1 is 1.43 bits per heavy atom. The van der Waals surface area contributed by atoms with Crippen LogP contribution in [0.4, 0.5) is 4.79 Å². The van der Waals surface area contributed by atoms with Crippen LogP contribution in [0.15, 0.2) is 28.3 Å². The molecule has 0 unspecified atom stereocenters. The normalized spacial score (nSPS) is 10.7. The molecule has 0 bridgehead atoms. The van der Waals surface area contributed by atoms with Crippen molar-refractivity contribution in [1.82, 2.24) is 13.9 Å². The number of benzene rings is 1. The number of halogens is 2. The van der Waals surface area contributed by atoms with Gasteiger partial charge in [-0.1, -0.05) is 0 Å². The van der Waals surface area contributed by atoms with Crippen molar-refractivity contribution in [3.05, 3.63) is 38.5 Å². The molecule has 0 saturated heterocycles. The van der Waals surface area contributed by atoms with Crippen molar-refractivity contribution in [3.8, 4) is 0 Å². The molecule has 0 spiro atoms. The van der Waals surface area contributed by atoms with E-state index in [1.165, 1.54) is 0 Å². The zero-order valence-corrected chi connectivity index (χ0v) is 15.2. The van der Waals surface area contributed by atoms with Crippen LogP contribution in [-0.2, 0) is 6.54 Å². The second-order valence-electron chi connectivity index (χ2n) is 4.62. The van der Waals surface area contributed by atoms with Gasteiger partial charge in [-0.25, -0.2) is 0 Å². The average molecular weight is 424 g/mol. The van der Waals surface area contributed by atoms with Crippen molar-refractivity contribution < 1.29 is 4.79 Å². The summed E-state index contributed by atoms with van der Waals surface area (Å²) in [5.74, 6) is 0.130. The van der Waals surface area contributed by atoms with Gasteiger partial charge in [0.1, 0.15) is 0 Å². The number of nitroso groups, excluding NO2 is 1. The van der Waals surface area contributed by atoms with Gasteiger partial charge in [-0.15, -0.1) is 0 Å². The van der Waals surface area contributed by atoms with Crippen LogP contribution in [-0.4, -0.2) is 48.3 Å². The fourth-order valence-electron chi connectivity index (χ4n) is 1.96. The van der Waals surface area contributed by atoms with Crippen LogP contribution in [0, 0.1) is 4.91 Å². The third-order valence-corrected chi connectivity index (χ3v) is 5.81. The summed E-state index contributed by atoms with van der Waals surface area (Å²) in [6, 6.07) is 4.74. The fourth-order valence-corrected chi connectivity index (χ4v) is 4.42. The summed E-state index contributed by atoms with van der Waals surface area (Å²) in [4.78, 5) is 34.3. The van der Waals surface area contributed by atoms with Gasteiger partial charge in [0.05, 0.1) is 0 Å². The first-order chi connectivity index (χ1) is 11.1. The second kappa shape index (κ2) is 8.49. The number of aryl methyl sites for hydroxylation is 1. The summed E-state index contributed by atoms with van der Waals surface area (Å²) >= 11 is 11.3. The Balaban J connectivity index is 1.90. The third-order valence-electron chi connectivity index (χ3n) is 3.05. The quantitative estimate of drug-likeness (QED) is 0.243. The number of carbonyl (C=O) groups is 1. The molecule has 1 aromatic heterocycles. The maximum absolute atomic E-state index is 12.2. The molecule has 0 atom stereocenters. The van der Waals surface area contributed by atoms with Gasteiger partial charge in [0.25, 0.3) is 0 Å². The number of rotatable bonds is 7. The molecular weight excluding hydrogens is 410 g/mol. The van der Waals surface area contributed by atoms with Gasteiger partial charge in [0.2, 0.25) is 0 Å². The van der Waals surface area contributed by atoms with Crippen LogP contribution in [0.2, 0.25) is 5.02 Å². The molecule has 23 heavy (non-hydrogen) atoms. The molecule has 0 saturated carbocycles. The summed E-state index contributed by atoms with van der Waals surface area (Å²) in [6.45, 7) is 0.917. The molecule has 1 aromatic carbocycles. The van der Waals surface area contributed by atoms with Crippen LogP contribution >= 0.6 is 23.2 Å². The molecule has 10 heteroatoms. The number of alkyl halides is 1. The van der Waals surface area contributed by atoms with E-state index < -0.39 is 6.03 Å². The van der Waals surface area contributed by atoms with Crippen LogP contribution < -0.4 is 10.9 Å². The van der Waals surface area contributed by atoms with Gasteiger partial charge in [0.15, 0.2) is 0 Å². The van der Waals surface area contributed by atoms with Crippen LogP contribution in [0.25, 0.3) is 9.65 Å². The SMILES string of the molecule is O=NN(CCCl)C(=O)NCCCn1[se]c2ccc(Cl)cc2c1=O. The molecule has 0 radical (unpaired) electrons. The van der Waals surface area contributed by atoms with Crippen molar-refractivity contribution in [2.75, 3.05) is 19.0 Å². The zero-order valence-electron chi connectivity index (χ0n) is 12.0. The Bertz CT molecular complexity index is 761. The zero-order chi connectivity index (χ0) is 16.8. The number of carbonyl (C=O) groups excluding carboxylic acids is 1. The summed E-state index contributed by atoms with van der Waals surface area (Å²) < 4.78 is 2.77. The van der Waals surface area contributed by atoms with E-state index in [9.17, 15) is 14.5 Å². The molecule has 1 heterocycles. The van der Waals surface area contributed by atoms with Gasteiger partial charge in [-0.05, 0) is 0 Å². The maximum atomic E-state index is 12.2. The minimum absolute atomic E-state index is 0.0350. The number of aromatic nitrogens is 1. The van der Waals surface area contributed by atoms with Gasteiger partial charge < -0.3 is 0 Å². The van der Waals surface area contributed by atoms with E-state index >= 15 is 0 Å². The van der Waals surface area contributed by atoms with Crippen molar-refractivity contribution in [2.45, 2.75) is 13.0 Å². The molecule has 1 N–H and O–H groups in total. The Morgan fingerprint density at radius 3 is 2.91 bits per heavy atom. The number of urea groups is 1. The van der Waals surface area contributed by atoms with E-state index in [1.807, 2.05) is 6.07 Å². The predicted molar refractivity (Wildman–Crippen MR) is 91.4 cm³/mol. The first kappa shape index (κ1) is 18.0. The Labute approximate surface area is 148 Å². The predicted octanol–water partition coefficient (Wildman–Crippen LogP) is 2.03. The Kier molecular flexibility index (Phi) is 6.65. The number of hydrogen-bond acceptors (Lipinski definition) is 4. The van der Waals surface area contributed by atoms with Crippen LogP contribution in [0.3, 0.4) is 0 Å². The first-order valence-electron chi connectivity index (χ1n) is 6.81. The van der Waals surface area contributed by atoms with Gasteiger partial charge in [-0.2, -0.15) is 0 Å². The van der Waals surface area contributed by atoms with E-state index in [4.69, 9.17) is 23.2 Å². The van der Waals surface area contributed by atoms with Crippen molar-refractivity contribution in [3.63, 3.8) is 0 Å². The molecule has 0 aliphatic heterocycles. The van der Waals surface area contributed by atoms with E-state index in [0.717, 1.165) is 9.27 Å². The third kappa shape index (κ3) is 4.57. The monoisotopic (exact) mass is 424 g/mol. The Hall–Kier alpha value is -1.34. The van der Waals surface area contributed by atoms with E-state index in [1.54, 1.807) is 15.7 Å². The number of nitrogens with one attached hydrogen (secondary N) is 1. The summed E-state index contributed by atoms with van der Waals surface area (Å²) in [6.07, 6.45) is 0.578. The van der Waals surface area contributed by atoms with Gasteiger partial charge >= 0.3 is 148 Å². The fraction of sp³-hybridized carbons (Fsp3) is 0.385. The van der Waals surface area contributed by atoms with Crippen molar-refractivity contribution >= 4 is 53.6 Å². The Morgan fingerprint density at radius 2 is 2.22 bits per heavy atom.